The van der Waals surface area contributed by atoms with E-state index in [-0.39, 0.29) is 0 Å². The molecule has 0 aromatic rings. The van der Waals surface area contributed by atoms with Gasteiger partial charge in [0.25, 0.3) is 0 Å². The molecule has 0 aliphatic rings. The van der Waals surface area contributed by atoms with Crippen LogP contribution in [0.1, 0.15) is 46.5 Å². The molecule has 0 aliphatic heterocycles. The van der Waals surface area contributed by atoms with Crippen molar-refractivity contribution < 1.29 is 0 Å². The second-order valence-corrected chi connectivity index (χ2v) is 4.11. The molecule has 3 heteroatoms. The van der Waals surface area contributed by atoms with Gasteiger partial charge in [-0.1, -0.05) is 6.92 Å². The number of amidine groups is 1. The summed E-state index contributed by atoms with van der Waals surface area (Å²) in [6.07, 6.45) is 4.16. The van der Waals surface area contributed by atoms with Crippen molar-refractivity contribution in [2.75, 3.05) is 13.1 Å². The van der Waals surface area contributed by atoms with Gasteiger partial charge < -0.3 is 10.6 Å². The van der Waals surface area contributed by atoms with Crippen LogP contribution in [-0.4, -0.2) is 29.9 Å². The fourth-order valence-electron chi connectivity index (χ4n) is 1.55. The predicted molar refractivity (Wildman–Crippen MR) is 62.8 cm³/mol. The zero-order chi connectivity index (χ0) is 11.0. The van der Waals surface area contributed by atoms with Crippen LogP contribution < -0.4 is 5.73 Å². The maximum absolute atomic E-state index is 7.11. The normalized spacial score (nSPS) is 11.2. The van der Waals surface area contributed by atoms with Crippen molar-refractivity contribution in [3.05, 3.63) is 0 Å². The van der Waals surface area contributed by atoms with E-state index in [2.05, 4.69) is 25.7 Å². The van der Waals surface area contributed by atoms with Crippen molar-refractivity contribution in [1.82, 2.24) is 4.90 Å². The first-order valence-corrected chi connectivity index (χ1v) is 5.64. The molecule has 0 atom stereocenters. The molecule has 0 aromatic heterocycles. The average Bonchev–Trinajstić information content (AvgIpc) is 2.09. The van der Waals surface area contributed by atoms with E-state index in [9.17, 15) is 0 Å². The maximum Gasteiger partial charge on any atom is 0.0905 e. The third kappa shape index (κ3) is 6.89. The summed E-state index contributed by atoms with van der Waals surface area (Å²) in [6, 6.07) is 0.632. The lowest BCUT2D eigenvalue weighted by atomic mass is 10.2. The summed E-state index contributed by atoms with van der Waals surface area (Å²) in [5.41, 5.74) is 5.30. The molecule has 0 aromatic carbocycles. The summed E-state index contributed by atoms with van der Waals surface area (Å²) < 4.78 is 0. The fraction of sp³-hybridized carbons (Fsp3) is 0.909. The Bertz CT molecular complexity index is 155. The van der Waals surface area contributed by atoms with Crippen LogP contribution in [0.2, 0.25) is 0 Å². The van der Waals surface area contributed by atoms with E-state index in [0.717, 1.165) is 25.8 Å². The van der Waals surface area contributed by atoms with Gasteiger partial charge in [-0.25, -0.2) is 0 Å². The number of nitrogens with one attached hydrogen (secondary N) is 1. The quantitative estimate of drug-likeness (QED) is 0.358. The summed E-state index contributed by atoms with van der Waals surface area (Å²) in [7, 11) is 0. The van der Waals surface area contributed by atoms with E-state index in [1.165, 1.54) is 13.0 Å². The smallest absolute Gasteiger partial charge is 0.0905 e. The Morgan fingerprint density at radius 2 is 1.93 bits per heavy atom. The molecule has 0 fully saturated rings. The Morgan fingerprint density at radius 1 is 1.29 bits per heavy atom. The lowest BCUT2D eigenvalue weighted by Gasteiger charge is -2.25. The Kier molecular flexibility index (Phi) is 7.48. The maximum atomic E-state index is 7.11. The van der Waals surface area contributed by atoms with Crippen LogP contribution in [0.5, 0.6) is 0 Å². The van der Waals surface area contributed by atoms with E-state index in [4.69, 9.17) is 11.1 Å². The minimum atomic E-state index is 0.316. The molecular weight excluding hydrogens is 174 g/mol. The van der Waals surface area contributed by atoms with E-state index in [1.807, 2.05) is 0 Å². The third-order valence-corrected chi connectivity index (χ3v) is 2.38. The fourth-order valence-corrected chi connectivity index (χ4v) is 1.55. The largest absolute Gasteiger partial charge is 0.388 e. The van der Waals surface area contributed by atoms with Gasteiger partial charge in [-0.2, -0.15) is 0 Å². The van der Waals surface area contributed by atoms with Crippen LogP contribution in [0.15, 0.2) is 0 Å². The number of hydrogen-bond donors (Lipinski definition) is 2. The molecule has 84 valence electrons. The molecule has 0 bridgehead atoms. The van der Waals surface area contributed by atoms with Gasteiger partial charge in [0.1, 0.15) is 0 Å². The highest BCUT2D eigenvalue weighted by Gasteiger charge is 2.06. The molecule has 0 aliphatic carbocycles. The molecule has 0 amide bonds. The molecule has 0 saturated carbocycles. The highest BCUT2D eigenvalue weighted by molar-refractivity contribution is 5.76. The zero-order valence-electron chi connectivity index (χ0n) is 9.84. The predicted octanol–water partition coefficient (Wildman–Crippen LogP) is 2.21. The first-order chi connectivity index (χ1) is 6.57. The van der Waals surface area contributed by atoms with Gasteiger partial charge in [0.05, 0.1) is 5.84 Å². The Morgan fingerprint density at radius 3 is 2.36 bits per heavy atom. The Labute approximate surface area is 88.2 Å². The summed E-state index contributed by atoms with van der Waals surface area (Å²) in [5, 5.41) is 7.11. The minimum Gasteiger partial charge on any atom is -0.388 e. The van der Waals surface area contributed by atoms with E-state index < -0.39 is 0 Å². The molecule has 3 N–H and O–H groups in total. The number of hydrogen-bond acceptors (Lipinski definition) is 2. The second kappa shape index (κ2) is 7.80. The standard InChI is InChI=1S/C11H25N3/c1-4-8-14(10(2)3)9-6-5-7-11(12)13/h10H,4-9H2,1-3H3,(H3,12,13). The zero-order valence-corrected chi connectivity index (χ0v) is 9.84. The van der Waals surface area contributed by atoms with Crippen LogP contribution in [0.3, 0.4) is 0 Å². The summed E-state index contributed by atoms with van der Waals surface area (Å²) >= 11 is 0. The van der Waals surface area contributed by atoms with Crippen LogP contribution in [0.25, 0.3) is 0 Å². The van der Waals surface area contributed by atoms with Gasteiger partial charge in [-0.05, 0) is 46.2 Å². The minimum absolute atomic E-state index is 0.316. The average molecular weight is 199 g/mol. The first kappa shape index (κ1) is 13.4. The number of rotatable bonds is 8. The second-order valence-electron chi connectivity index (χ2n) is 4.11. The van der Waals surface area contributed by atoms with Gasteiger partial charge in [0.2, 0.25) is 0 Å². The van der Waals surface area contributed by atoms with Gasteiger partial charge >= 0.3 is 0 Å². The van der Waals surface area contributed by atoms with Crippen LogP contribution in [0.4, 0.5) is 0 Å². The summed E-state index contributed by atoms with van der Waals surface area (Å²) in [5.74, 6) is 0.316. The molecule has 0 spiro atoms. The van der Waals surface area contributed by atoms with Gasteiger partial charge in [0, 0.05) is 12.5 Å². The van der Waals surface area contributed by atoms with Crippen molar-refractivity contribution >= 4 is 5.84 Å². The monoisotopic (exact) mass is 199 g/mol. The third-order valence-electron chi connectivity index (χ3n) is 2.38. The van der Waals surface area contributed by atoms with E-state index >= 15 is 0 Å². The highest BCUT2D eigenvalue weighted by atomic mass is 15.1. The van der Waals surface area contributed by atoms with Crippen molar-refractivity contribution in [1.29, 1.82) is 5.41 Å². The van der Waals surface area contributed by atoms with E-state index in [1.54, 1.807) is 0 Å². The molecular formula is C11H25N3. The van der Waals surface area contributed by atoms with Gasteiger partial charge in [-0.3, -0.25) is 5.41 Å². The number of nitrogens with zero attached hydrogens (tertiary/aromatic N) is 1. The van der Waals surface area contributed by atoms with Crippen molar-refractivity contribution in [3.8, 4) is 0 Å². The number of nitrogens with two attached hydrogens (primary N) is 1. The molecule has 0 saturated heterocycles. The van der Waals surface area contributed by atoms with Gasteiger partial charge in [-0.15, -0.1) is 0 Å². The molecule has 0 rings (SSSR count). The van der Waals surface area contributed by atoms with E-state index in [0.29, 0.717) is 11.9 Å². The highest BCUT2D eigenvalue weighted by Crippen LogP contribution is 2.04. The lowest BCUT2D eigenvalue weighted by molar-refractivity contribution is 0.218. The Hall–Kier alpha value is -0.570. The van der Waals surface area contributed by atoms with Crippen molar-refractivity contribution in [2.45, 2.75) is 52.5 Å². The SMILES string of the molecule is CCCN(CCCCC(=N)N)C(C)C. The number of unbranched alkanes of at least 4 members (excludes halogenated alkanes) is 1. The molecule has 14 heavy (non-hydrogen) atoms. The summed E-state index contributed by atoms with van der Waals surface area (Å²) in [6.45, 7) is 9.00. The first-order valence-electron chi connectivity index (χ1n) is 5.64. The molecule has 0 unspecified atom stereocenters. The molecule has 3 nitrogen and oxygen atoms in total. The van der Waals surface area contributed by atoms with Crippen LogP contribution in [-0.2, 0) is 0 Å². The van der Waals surface area contributed by atoms with Crippen LogP contribution >= 0.6 is 0 Å². The molecule has 0 heterocycles. The van der Waals surface area contributed by atoms with Crippen molar-refractivity contribution in [3.63, 3.8) is 0 Å². The van der Waals surface area contributed by atoms with Crippen molar-refractivity contribution in [2.24, 2.45) is 5.73 Å². The topological polar surface area (TPSA) is 53.1 Å². The molecule has 0 radical (unpaired) electrons. The summed E-state index contributed by atoms with van der Waals surface area (Å²) in [4.78, 5) is 2.49. The Balaban J connectivity index is 3.55. The lowest BCUT2D eigenvalue weighted by Crippen LogP contribution is -2.32. The van der Waals surface area contributed by atoms with Crippen LogP contribution in [0, 0.1) is 5.41 Å². The van der Waals surface area contributed by atoms with Gasteiger partial charge in [0.15, 0.2) is 0 Å².